The minimum Gasteiger partial charge on any atom is -0.489 e. The zero-order valence-electron chi connectivity index (χ0n) is 10.5. The molecular formula is C14H21NO. The average molecular weight is 219 g/mol. The molecule has 0 fully saturated rings. The molecule has 2 heteroatoms. The molecule has 0 amide bonds. The summed E-state index contributed by atoms with van der Waals surface area (Å²) in [6.07, 6.45) is 0. The Morgan fingerprint density at radius 2 is 2.06 bits per heavy atom. The maximum Gasteiger partial charge on any atom is 0.120 e. The Kier molecular flexibility index (Phi) is 5.06. The third kappa shape index (κ3) is 4.07. The van der Waals surface area contributed by atoms with Crippen LogP contribution in [-0.4, -0.2) is 19.7 Å². The van der Waals surface area contributed by atoms with Gasteiger partial charge in [-0.3, -0.25) is 0 Å². The molecule has 1 rings (SSSR count). The van der Waals surface area contributed by atoms with E-state index in [4.69, 9.17) is 4.74 Å². The van der Waals surface area contributed by atoms with Crippen molar-refractivity contribution in [3.63, 3.8) is 0 Å². The van der Waals surface area contributed by atoms with Crippen molar-refractivity contribution >= 4 is 0 Å². The number of nitrogens with one attached hydrogen (secondary N) is 1. The van der Waals surface area contributed by atoms with Gasteiger partial charge in [0.1, 0.15) is 12.4 Å². The maximum absolute atomic E-state index is 5.66. The Morgan fingerprint density at radius 1 is 1.31 bits per heavy atom. The number of benzene rings is 1. The molecule has 0 spiro atoms. The summed E-state index contributed by atoms with van der Waals surface area (Å²) in [5.41, 5.74) is 3.62. The molecule has 0 aliphatic heterocycles. The summed E-state index contributed by atoms with van der Waals surface area (Å²) in [7, 11) is 0. The molecule has 0 aliphatic carbocycles. The van der Waals surface area contributed by atoms with Gasteiger partial charge in [-0.25, -0.2) is 0 Å². The molecule has 0 aliphatic rings. The van der Waals surface area contributed by atoms with E-state index in [0.717, 1.165) is 24.4 Å². The van der Waals surface area contributed by atoms with Crippen LogP contribution in [0.25, 0.3) is 0 Å². The van der Waals surface area contributed by atoms with Crippen LogP contribution in [0.1, 0.15) is 18.1 Å². The van der Waals surface area contributed by atoms with Crippen molar-refractivity contribution in [2.75, 3.05) is 19.7 Å². The molecule has 16 heavy (non-hydrogen) atoms. The van der Waals surface area contributed by atoms with Gasteiger partial charge >= 0.3 is 0 Å². The molecule has 88 valence electrons. The van der Waals surface area contributed by atoms with Crippen molar-refractivity contribution in [3.05, 3.63) is 41.5 Å². The van der Waals surface area contributed by atoms with Gasteiger partial charge in [0.2, 0.25) is 0 Å². The van der Waals surface area contributed by atoms with Gasteiger partial charge in [0.05, 0.1) is 0 Å². The number of ether oxygens (including phenoxy) is 1. The zero-order valence-corrected chi connectivity index (χ0v) is 10.5. The van der Waals surface area contributed by atoms with Crippen molar-refractivity contribution in [1.82, 2.24) is 5.32 Å². The second kappa shape index (κ2) is 6.33. The fourth-order valence-corrected chi connectivity index (χ4v) is 1.34. The quantitative estimate of drug-likeness (QED) is 0.743. The third-order valence-corrected chi connectivity index (χ3v) is 2.55. The first kappa shape index (κ1) is 12.8. The molecule has 0 bridgehead atoms. The Bertz CT molecular complexity index is 358. The van der Waals surface area contributed by atoms with Crippen molar-refractivity contribution in [2.24, 2.45) is 0 Å². The Hall–Kier alpha value is -1.28. The molecule has 0 unspecified atom stereocenters. The summed E-state index contributed by atoms with van der Waals surface area (Å²) in [5.74, 6) is 0.917. The third-order valence-electron chi connectivity index (χ3n) is 2.55. The topological polar surface area (TPSA) is 21.3 Å². The number of likely N-dealkylation sites (N-methyl/N-ethyl adjacent to an activating group) is 1. The molecule has 0 atom stereocenters. The molecule has 0 heterocycles. The van der Waals surface area contributed by atoms with Crippen LogP contribution < -0.4 is 10.1 Å². The van der Waals surface area contributed by atoms with E-state index < -0.39 is 0 Å². The highest BCUT2D eigenvalue weighted by atomic mass is 16.5. The number of rotatable bonds is 6. The summed E-state index contributed by atoms with van der Waals surface area (Å²) in [6, 6.07) is 6.15. The lowest BCUT2D eigenvalue weighted by Crippen LogP contribution is -2.18. The maximum atomic E-state index is 5.66. The van der Waals surface area contributed by atoms with Crippen molar-refractivity contribution in [2.45, 2.75) is 20.8 Å². The number of aryl methyl sites for hydroxylation is 2. The lowest BCUT2D eigenvalue weighted by Gasteiger charge is -2.10. The first-order chi connectivity index (χ1) is 7.63. The molecule has 1 aromatic carbocycles. The zero-order chi connectivity index (χ0) is 12.0. The summed E-state index contributed by atoms with van der Waals surface area (Å²) in [4.78, 5) is 0. The van der Waals surface area contributed by atoms with E-state index in [2.05, 4.69) is 44.8 Å². The van der Waals surface area contributed by atoms with Crippen LogP contribution in [0.5, 0.6) is 5.75 Å². The van der Waals surface area contributed by atoms with Gasteiger partial charge in [0.25, 0.3) is 0 Å². The van der Waals surface area contributed by atoms with Gasteiger partial charge in [-0.05, 0) is 49.2 Å². The average Bonchev–Trinajstić information content (AvgIpc) is 2.28. The summed E-state index contributed by atoms with van der Waals surface area (Å²) < 4.78 is 5.66. The Morgan fingerprint density at radius 3 is 2.69 bits per heavy atom. The summed E-state index contributed by atoms with van der Waals surface area (Å²) in [6.45, 7) is 12.6. The van der Waals surface area contributed by atoms with Crippen molar-refractivity contribution in [3.8, 4) is 5.75 Å². The second-order valence-corrected chi connectivity index (χ2v) is 4.07. The molecular weight excluding hydrogens is 198 g/mol. The predicted molar refractivity (Wildman–Crippen MR) is 69.1 cm³/mol. The largest absolute Gasteiger partial charge is 0.489 e. The fourth-order valence-electron chi connectivity index (χ4n) is 1.34. The molecule has 0 aromatic heterocycles. The number of hydrogen-bond donors (Lipinski definition) is 1. The Balaban J connectivity index is 2.42. The Labute approximate surface area is 98.3 Å². The minimum absolute atomic E-state index is 0.579. The van der Waals surface area contributed by atoms with E-state index in [1.165, 1.54) is 11.1 Å². The van der Waals surface area contributed by atoms with E-state index in [1.807, 2.05) is 6.07 Å². The monoisotopic (exact) mass is 219 g/mol. The highest BCUT2D eigenvalue weighted by Gasteiger charge is 1.98. The van der Waals surface area contributed by atoms with Gasteiger partial charge in [0, 0.05) is 6.54 Å². The lowest BCUT2D eigenvalue weighted by molar-refractivity contribution is 0.348. The van der Waals surface area contributed by atoms with E-state index in [-0.39, 0.29) is 0 Å². The fraction of sp³-hybridized carbons (Fsp3) is 0.429. The molecule has 0 radical (unpaired) electrons. The van der Waals surface area contributed by atoms with E-state index in [0.29, 0.717) is 6.61 Å². The van der Waals surface area contributed by atoms with Crippen LogP contribution in [0, 0.1) is 13.8 Å². The van der Waals surface area contributed by atoms with Crippen LogP contribution in [-0.2, 0) is 0 Å². The van der Waals surface area contributed by atoms with E-state index >= 15 is 0 Å². The van der Waals surface area contributed by atoms with Gasteiger partial charge in [-0.1, -0.05) is 19.6 Å². The highest BCUT2D eigenvalue weighted by Crippen LogP contribution is 2.16. The van der Waals surface area contributed by atoms with Crippen molar-refractivity contribution in [1.29, 1.82) is 0 Å². The normalized spacial score (nSPS) is 10.2. The molecule has 1 aromatic rings. The summed E-state index contributed by atoms with van der Waals surface area (Å²) >= 11 is 0. The number of hydrogen-bond acceptors (Lipinski definition) is 2. The molecule has 2 nitrogen and oxygen atoms in total. The van der Waals surface area contributed by atoms with Crippen LogP contribution in [0.15, 0.2) is 30.4 Å². The highest BCUT2D eigenvalue weighted by molar-refractivity contribution is 5.34. The van der Waals surface area contributed by atoms with Crippen LogP contribution in [0.4, 0.5) is 0 Å². The van der Waals surface area contributed by atoms with Gasteiger partial charge < -0.3 is 10.1 Å². The van der Waals surface area contributed by atoms with Crippen LogP contribution in [0.3, 0.4) is 0 Å². The smallest absolute Gasteiger partial charge is 0.120 e. The van der Waals surface area contributed by atoms with E-state index in [9.17, 15) is 0 Å². The standard InChI is InChI=1S/C14H21NO/c1-5-15-9-11(2)10-16-14-7-6-12(3)13(4)8-14/h6-8,15H,2,5,9-10H2,1,3-4H3. The van der Waals surface area contributed by atoms with Gasteiger partial charge in [0.15, 0.2) is 0 Å². The summed E-state index contributed by atoms with van der Waals surface area (Å²) in [5, 5.41) is 3.23. The molecule has 1 N–H and O–H groups in total. The molecule has 0 saturated carbocycles. The first-order valence-electron chi connectivity index (χ1n) is 5.71. The second-order valence-electron chi connectivity index (χ2n) is 4.07. The van der Waals surface area contributed by atoms with Crippen LogP contribution in [0.2, 0.25) is 0 Å². The lowest BCUT2D eigenvalue weighted by atomic mass is 10.1. The SMILES string of the molecule is C=C(CNCC)COc1ccc(C)c(C)c1. The minimum atomic E-state index is 0.579. The van der Waals surface area contributed by atoms with Gasteiger partial charge in [-0.15, -0.1) is 0 Å². The molecule has 0 saturated heterocycles. The first-order valence-corrected chi connectivity index (χ1v) is 5.71. The van der Waals surface area contributed by atoms with Crippen molar-refractivity contribution < 1.29 is 4.74 Å². The van der Waals surface area contributed by atoms with Crippen LogP contribution >= 0.6 is 0 Å². The van der Waals surface area contributed by atoms with Gasteiger partial charge in [-0.2, -0.15) is 0 Å². The van der Waals surface area contributed by atoms with E-state index in [1.54, 1.807) is 0 Å². The predicted octanol–water partition coefficient (Wildman–Crippen LogP) is 2.85.